The molecule has 1 rings (SSSR count). The number of aryl methyl sites for hydroxylation is 1. The second kappa shape index (κ2) is 3.27. The van der Waals surface area contributed by atoms with Gasteiger partial charge in [0.2, 0.25) is 0 Å². The molecule has 1 heterocycles. The van der Waals surface area contributed by atoms with E-state index in [0.717, 1.165) is 16.9 Å². The van der Waals surface area contributed by atoms with Gasteiger partial charge in [0.25, 0.3) is 0 Å². The smallest absolute Gasteiger partial charge is 0.175 e. The van der Waals surface area contributed by atoms with Crippen molar-refractivity contribution in [3.05, 3.63) is 17.0 Å². The summed E-state index contributed by atoms with van der Waals surface area (Å²) < 4.78 is 5.42. The van der Waals surface area contributed by atoms with Crippen LogP contribution in [0.4, 0.5) is 0 Å². The average molecular weight is 184 g/mol. The SMILES string of the molecule is Cc1csc(OC(C)(C)C=O)c1. The Morgan fingerprint density at radius 3 is 2.67 bits per heavy atom. The zero-order chi connectivity index (χ0) is 9.19. The van der Waals surface area contributed by atoms with E-state index >= 15 is 0 Å². The van der Waals surface area contributed by atoms with E-state index in [0.29, 0.717) is 0 Å². The average Bonchev–Trinajstić information content (AvgIpc) is 2.35. The Kier molecular flexibility index (Phi) is 2.52. The number of aldehydes is 1. The molecule has 0 atom stereocenters. The Bertz CT molecular complexity index is 276. The largest absolute Gasteiger partial charge is 0.471 e. The maximum atomic E-state index is 10.5. The van der Waals surface area contributed by atoms with Crippen LogP contribution in [0.15, 0.2) is 11.4 Å². The molecule has 0 amide bonds. The molecule has 0 aromatic carbocycles. The van der Waals surface area contributed by atoms with E-state index in [4.69, 9.17) is 4.74 Å². The Labute approximate surface area is 76.2 Å². The molecule has 0 radical (unpaired) electrons. The molecule has 3 heteroatoms. The first-order valence-electron chi connectivity index (χ1n) is 3.74. The minimum Gasteiger partial charge on any atom is -0.471 e. The van der Waals surface area contributed by atoms with E-state index < -0.39 is 5.60 Å². The summed E-state index contributed by atoms with van der Waals surface area (Å²) in [7, 11) is 0. The van der Waals surface area contributed by atoms with Crippen LogP contribution < -0.4 is 4.74 Å². The second-order valence-corrected chi connectivity index (χ2v) is 4.14. The Hall–Kier alpha value is -0.830. The van der Waals surface area contributed by atoms with E-state index in [1.165, 1.54) is 11.3 Å². The summed E-state index contributed by atoms with van der Waals surface area (Å²) in [5.74, 6) is 0. The highest BCUT2D eigenvalue weighted by Gasteiger charge is 2.18. The molecule has 2 nitrogen and oxygen atoms in total. The van der Waals surface area contributed by atoms with Crippen molar-refractivity contribution in [3.63, 3.8) is 0 Å². The van der Waals surface area contributed by atoms with E-state index in [1.54, 1.807) is 13.8 Å². The van der Waals surface area contributed by atoms with Crippen molar-refractivity contribution in [3.8, 4) is 5.06 Å². The lowest BCUT2D eigenvalue weighted by Gasteiger charge is -2.17. The quantitative estimate of drug-likeness (QED) is 0.674. The Morgan fingerprint density at radius 1 is 1.58 bits per heavy atom. The molecule has 0 aliphatic heterocycles. The maximum Gasteiger partial charge on any atom is 0.175 e. The molecule has 0 saturated carbocycles. The van der Waals surface area contributed by atoms with Gasteiger partial charge in [0.15, 0.2) is 17.0 Å². The highest BCUT2D eigenvalue weighted by atomic mass is 32.1. The van der Waals surface area contributed by atoms with Gasteiger partial charge in [-0.25, -0.2) is 0 Å². The molecule has 0 fully saturated rings. The molecule has 66 valence electrons. The standard InChI is InChI=1S/C9H12O2S/c1-7-4-8(12-5-7)11-9(2,3)6-10/h4-6H,1-3H3. The van der Waals surface area contributed by atoms with Crippen molar-refractivity contribution in [2.45, 2.75) is 26.4 Å². The van der Waals surface area contributed by atoms with Gasteiger partial charge in [0, 0.05) is 0 Å². The lowest BCUT2D eigenvalue weighted by atomic mass is 10.2. The topological polar surface area (TPSA) is 26.3 Å². The van der Waals surface area contributed by atoms with Gasteiger partial charge >= 0.3 is 0 Å². The Morgan fingerprint density at radius 2 is 2.25 bits per heavy atom. The molecule has 0 aliphatic carbocycles. The molecular formula is C9H12O2S. The Balaban J connectivity index is 2.69. The van der Waals surface area contributed by atoms with Gasteiger partial charge in [0.05, 0.1) is 0 Å². The summed E-state index contributed by atoms with van der Waals surface area (Å²) in [4.78, 5) is 10.5. The molecular weight excluding hydrogens is 172 g/mol. The predicted molar refractivity (Wildman–Crippen MR) is 49.8 cm³/mol. The van der Waals surface area contributed by atoms with Crippen LogP contribution in [-0.2, 0) is 4.79 Å². The van der Waals surface area contributed by atoms with Crippen LogP contribution in [0, 0.1) is 6.92 Å². The van der Waals surface area contributed by atoms with Crippen molar-refractivity contribution in [2.75, 3.05) is 0 Å². The summed E-state index contributed by atoms with van der Waals surface area (Å²) in [5.41, 5.74) is 0.453. The lowest BCUT2D eigenvalue weighted by molar-refractivity contribution is -0.118. The van der Waals surface area contributed by atoms with Crippen molar-refractivity contribution in [1.29, 1.82) is 0 Å². The second-order valence-electron chi connectivity index (χ2n) is 3.27. The molecule has 1 aromatic heterocycles. The van der Waals surface area contributed by atoms with Crippen molar-refractivity contribution in [2.24, 2.45) is 0 Å². The first-order chi connectivity index (χ1) is 5.53. The fraction of sp³-hybridized carbons (Fsp3) is 0.444. The number of ether oxygens (including phenoxy) is 1. The van der Waals surface area contributed by atoms with Crippen LogP contribution in [0.25, 0.3) is 0 Å². The third kappa shape index (κ3) is 2.34. The van der Waals surface area contributed by atoms with Gasteiger partial charge in [-0.1, -0.05) is 0 Å². The first kappa shape index (κ1) is 9.26. The third-order valence-electron chi connectivity index (χ3n) is 1.35. The number of carbonyl (C=O) groups excluding carboxylic acids is 1. The molecule has 0 aliphatic rings. The molecule has 1 aromatic rings. The van der Waals surface area contributed by atoms with Crippen LogP contribution in [0.3, 0.4) is 0 Å². The molecule has 0 unspecified atom stereocenters. The van der Waals surface area contributed by atoms with E-state index in [1.807, 2.05) is 18.4 Å². The zero-order valence-corrected chi connectivity index (χ0v) is 8.27. The molecule has 12 heavy (non-hydrogen) atoms. The van der Waals surface area contributed by atoms with Crippen molar-refractivity contribution < 1.29 is 9.53 Å². The molecule has 0 spiro atoms. The van der Waals surface area contributed by atoms with E-state index in [9.17, 15) is 4.79 Å². The summed E-state index contributed by atoms with van der Waals surface area (Å²) in [6.07, 6.45) is 0.808. The highest BCUT2D eigenvalue weighted by molar-refractivity contribution is 7.12. The minimum atomic E-state index is -0.711. The fourth-order valence-corrected chi connectivity index (χ4v) is 1.63. The zero-order valence-electron chi connectivity index (χ0n) is 7.46. The van der Waals surface area contributed by atoms with Crippen molar-refractivity contribution in [1.82, 2.24) is 0 Å². The molecule has 0 bridgehead atoms. The number of hydrogen-bond donors (Lipinski definition) is 0. The molecule has 0 saturated heterocycles. The fourth-order valence-electron chi connectivity index (χ4n) is 0.742. The van der Waals surface area contributed by atoms with E-state index in [2.05, 4.69) is 0 Å². The monoisotopic (exact) mass is 184 g/mol. The number of hydrogen-bond acceptors (Lipinski definition) is 3. The van der Waals surface area contributed by atoms with Gasteiger partial charge in [-0.3, -0.25) is 4.79 Å². The number of rotatable bonds is 3. The van der Waals surface area contributed by atoms with Crippen LogP contribution >= 0.6 is 11.3 Å². The summed E-state index contributed by atoms with van der Waals surface area (Å²) in [6, 6.07) is 1.93. The lowest BCUT2D eigenvalue weighted by Crippen LogP contribution is -2.29. The van der Waals surface area contributed by atoms with Crippen LogP contribution in [-0.4, -0.2) is 11.9 Å². The van der Waals surface area contributed by atoms with Crippen molar-refractivity contribution >= 4 is 17.6 Å². The summed E-state index contributed by atoms with van der Waals surface area (Å²) in [5, 5.41) is 2.79. The normalized spacial score (nSPS) is 11.2. The summed E-state index contributed by atoms with van der Waals surface area (Å²) in [6.45, 7) is 5.49. The van der Waals surface area contributed by atoms with Crippen LogP contribution in [0.1, 0.15) is 19.4 Å². The van der Waals surface area contributed by atoms with Crippen LogP contribution in [0.2, 0.25) is 0 Å². The van der Waals surface area contributed by atoms with Gasteiger partial charge in [-0.05, 0) is 37.8 Å². The molecule has 0 N–H and O–H groups in total. The minimum absolute atomic E-state index is 0.711. The number of carbonyl (C=O) groups is 1. The van der Waals surface area contributed by atoms with Crippen LogP contribution in [0.5, 0.6) is 5.06 Å². The van der Waals surface area contributed by atoms with E-state index in [-0.39, 0.29) is 0 Å². The van der Waals surface area contributed by atoms with Gasteiger partial charge in [-0.15, -0.1) is 11.3 Å². The maximum absolute atomic E-state index is 10.5. The van der Waals surface area contributed by atoms with Gasteiger partial charge in [-0.2, -0.15) is 0 Å². The third-order valence-corrected chi connectivity index (χ3v) is 2.28. The first-order valence-corrected chi connectivity index (χ1v) is 4.62. The predicted octanol–water partition coefficient (Wildman–Crippen LogP) is 2.41. The summed E-state index contributed by atoms with van der Waals surface area (Å²) >= 11 is 1.51. The number of thiophene rings is 1. The van der Waals surface area contributed by atoms with Gasteiger partial charge in [0.1, 0.15) is 0 Å². The highest BCUT2D eigenvalue weighted by Crippen LogP contribution is 2.25. The van der Waals surface area contributed by atoms with Gasteiger partial charge < -0.3 is 4.74 Å².